The number of hydrogen-bond donors (Lipinski definition) is 0. The van der Waals surface area contributed by atoms with Crippen LogP contribution in [0, 0.1) is 0 Å². The maximum absolute atomic E-state index is 3.84. The number of allylic oxidation sites excluding steroid dienone is 8. The van der Waals surface area contributed by atoms with Crippen LogP contribution in [0.5, 0.6) is 0 Å². The molecule has 0 saturated heterocycles. The van der Waals surface area contributed by atoms with E-state index in [1.165, 1.54) is 0 Å². The highest BCUT2D eigenvalue weighted by atomic mass is 13.9. The van der Waals surface area contributed by atoms with E-state index in [0.29, 0.717) is 0 Å². The Labute approximate surface area is 89.0 Å². The molecule has 78 valence electrons. The predicted molar refractivity (Wildman–Crippen MR) is 68.4 cm³/mol. The van der Waals surface area contributed by atoms with Gasteiger partial charge >= 0.3 is 0 Å². The van der Waals surface area contributed by atoms with Crippen LogP contribution in [-0.2, 0) is 0 Å². The molecule has 0 unspecified atom stereocenters. The second-order valence-corrected chi connectivity index (χ2v) is 2.48. The third kappa shape index (κ3) is 10.7. The highest BCUT2D eigenvalue weighted by molar-refractivity contribution is 5.35. The topological polar surface area (TPSA) is 0 Å². The Morgan fingerprint density at radius 1 is 0.714 bits per heavy atom. The largest absolute Gasteiger partial charge is 0.0918 e. The zero-order valence-electron chi connectivity index (χ0n) is 9.88. The van der Waals surface area contributed by atoms with Crippen LogP contribution in [0.15, 0.2) is 60.8 Å². The van der Waals surface area contributed by atoms with Crippen molar-refractivity contribution >= 4 is 0 Å². The summed E-state index contributed by atoms with van der Waals surface area (Å²) in [5.74, 6) is 0. The molecule has 0 fully saturated rings. The lowest BCUT2D eigenvalue weighted by molar-refractivity contribution is 1.50. The predicted octanol–water partition coefficient (Wildman–Crippen LogP) is 4.83. The van der Waals surface area contributed by atoms with E-state index in [1.807, 2.05) is 64.2 Å². The summed E-state index contributed by atoms with van der Waals surface area (Å²) in [6.45, 7) is 15.6. The Balaban J connectivity index is 0. The van der Waals surface area contributed by atoms with Crippen molar-refractivity contribution in [2.75, 3.05) is 0 Å². The van der Waals surface area contributed by atoms with Crippen molar-refractivity contribution in [3.8, 4) is 0 Å². The van der Waals surface area contributed by atoms with Crippen molar-refractivity contribution in [1.82, 2.24) is 0 Å². The first-order valence-electron chi connectivity index (χ1n) is 5.02. The molecule has 0 aromatic carbocycles. The fourth-order valence-corrected chi connectivity index (χ4v) is 0.753. The zero-order chi connectivity index (χ0) is 11.4. The third-order valence-electron chi connectivity index (χ3n) is 1.27. The van der Waals surface area contributed by atoms with Crippen molar-refractivity contribution < 1.29 is 0 Å². The summed E-state index contributed by atoms with van der Waals surface area (Å²) >= 11 is 0. The van der Waals surface area contributed by atoms with Crippen LogP contribution in [0.2, 0.25) is 0 Å². The minimum atomic E-state index is 0.989. The molecule has 0 heteroatoms. The molecule has 0 aliphatic heterocycles. The summed E-state index contributed by atoms with van der Waals surface area (Å²) < 4.78 is 0. The van der Waals surface area contributed by atoms with Gasteiger partial charge in [0.1, 0.15) is 0 Å². The van der Waals surface area contributed by atoms with Crippen LogP contribution >= 0.6 is 0 Å². The molecule has 0 bridgehead atoms. The normalized spacial score (nSPS) is 10.6. The van der Waals surface area contributed by atoms with E-state index in [2.05, 4.69) is 13.2 Å². The van der Waals surface area contributed by atoms with Crippen molar-refractivity contribution in [2.24, 2.45) is 0 Å². The average molecular weight is 190 g/mol. The molecule has 0 aliphatic rings. The molecule has 0 aromatic heterocycles. The van der Waals surface area contributed by atoms with Gasteiger partial charge in [-0.15, -0.1) is 0 Å². The van der Waals surface area contributed by atoms with Gasteiger partial charge in [0, 0.05) is 0 Å². The minimum absolute atomic E-state index is 0.989. The standard InChI is InChI=1S/C12H16.C2H6/c1-5-7-11(3)9-10-12(4)8-6-2;1-2/h5-10H,3-4H2,1-2H3;1-2H3/b7-5+,8-6+,10-9-;. The van der Waals surface area contributed by atoms with Crippen LogP contribution in [0.4, 0.5) is 0 Å². The molecule has 0 rings (SSSR count). The van der Waals surface area contributed by atoms with Gasteiger partial charge in [-0.25, -0.2) is 0 Å². The van der Waals surface area contributed by atoms with Crippen molar-refractivity contribution in [3.05, 3.63) is 60.8 Å². The van der Waals surface area contributed by atoms with Crippen LogP contribution in [0.3, 0.4) is 0 Å². The zero-order valence-corrected chi connectivity index (χ0v) is 9.88. The lowest BCUT2D eigenvalue weighted by atomic mass is 10.2. The third-order valence-corrected chi connectivity index (χ3v) is 1.27. The summed E-state index contributed by atoms with van der Waals surface area (Å²) in [7, 11) is 0. The van der Waals surface area contributed by atoms with Gasteiger partial charge in [-0.05, 0) is 25.0 Å². The van der Waals surface area contributed by atoms with Crippen molar-refractivity contribution in [3.63, 3.8) is 0 Å². The Kier molecular flexibility index (Phi) is 12.7. The molecule has 14 heavy (non-hydrogen) atoms. The molecule has 0 nitrogen and oxygen atoms in total. The van der Waals surface area contributed by atoms with Crippen LogP contribution in [0.1, 0.15) is 27.7 Å². The molecular weight excluding hydrogens is 168 g/mol. The summed E-state index contributed by atoms with van der Waals surface area (Å²) in [6.07, 6.45) is 11.7. The molecule has 0 amide bonds. The van der Waals surface area contributed by atoms with E-state index in [1.54, 1.807) is 0 Å². The summed E-state index contributed by atoms with van der Waals surface area (Å²) in [5, 5.41) is 0. The van der Waals surface area contributed by atoms with Crippen molar-refractivity contribution in [1.29, 1.82) is 0 Å². The van der Waals surface area contributed by atoms with Gasteiger partial charge in [0.15, 0.2) is 0 Å². The Hall–Kier alpha value is -1.30. The minimum Gasteiger partial charge on any atom is -0.0918 e. The smallest absolute Gasteiger partial charge is 0.0332 e. The van der Waals surface area contributed by atoms with E-state index < -0.39 is 0 Å². The van der Waals surface area contributed by atoms with Crippen LogP contribution < -0.4 is 0 Å². The number of rotatable bonds is 4. The Bertz CT molecular complexity index is 211. The fourth-order valence-electron chi connectivity index (χ4n) is 0.753. The van der Waals surface area contributed by atoms with Gasteiger partial charge in [-0.2, -0.15) is 0 Å². The first-order chi connectivity index (χ1) is 6.70. The highest BCUT2D eigenvalue weighted by Gasteiger charge is 1.80. The van der Waals surface area contributed by atoms with Gasteiger partial charge in [0.05, 0.1) is 0 Å². The van der Waals surface area contributed by atoms with E-state index >= 15 is 0 Å². The van der Waals surface area contributed by atoms with E-state index in [0.717, 1.165) is 11.1 Å². The van der Waals surface area contributed by atoms with Gasteiger partial charge in [0.25, 0.3) is 0 Å². The molecule has 0 atom stereocenters. The van der Waals surface area contributed by atoms with Gasteiger partial charge in [-0.3, -0.25) is 0 Å². The molecule has 0 saturated carbocycles. The summed E-state index contributed by atoms with van der Waals surface area (Å²) in [4.78, 5) is 0. The molecule has 0 spiro atoms. The SMILES string of the molecule is C=C(/C=C\C(=C)/C=C/C)/C=C/C.CC. The van der Waals surface area contributed by atoms with Gasteiger partial charge in [0.2, 0.25) is 0 Å². The van der Waals surface area contributed by atoms with Crippen LogP contribution in [-0.4, -0.2) is 0 Å². The quantitative estimate of drug-likeness (QED) is 0.557. The maximum Gasteiger partial charge on any atom is -0.0332 e. The van der Waals surface area contributed by atoms with E-state index in [4.69, 9.17) is 0 Å². The Morgan fingerprint density at radius 3 is 1.21 bits per heavy atom. The monoisotopic (exact) mass is 190 g/mol. The van der Waals surface area contributed by atoms with Crippen molar-refractivity contribution in [2.45, 2.75) is 27.7 Å². The Morgan fingerprint density at radius 2 is 1.00 bits per heavy atom. The fraction of sp³-hybridized carbons (Fsp3) is 0.286. The number of hydrogen-bond acceptors (Lipinski definition) is 0. The van der Waals surface area contributed by atoms with Gasteiger partial charge in [-0.1, -0.05) is 63.5 Å². The first kappa shape index (κ1) is 15.2. The molecule has 0 N–H and O–H groups in total. The summed E-state index contributed by atoms with van der Waals surface area (Å²) in [5.41, 5.74) is 1.98. The summed E-state index contributed by atoms with van der Waals surface area (Å²) in [6, 6.07) is 0. The molecule has 0 heterocycles. The molecular formula is C14H22. The second kappa shape index (κ2) is 11.7. The molecule has 0 aliphatic carbocycles. The average Bonchev–Trinajstić information content (AvgIpc) is 2.19. The highest BCUT2D eigenvalue weighted by Crippen LogP contribution is 2.00. The van der Waals surface area contributed by atoms with Crippen LogP contribution in [0.25, 0.3) is 0 Å². The molecule has 0 radical (unpaired) electrons. The van der Waals surface area contributed by atoms with Gasteiger partial charge < -0.3 is 0 Å². The lowest BCUT2D eigenvalue weighted by Gasteiger charge is -1.89. The maximum atomic E-state index is 3.84. The van der Waals surface area contributed by atoms with E-state index in [-0.39, 0.29) is 0 Å². The second-order valence-electron chi connectivity index (χ2n) is 2.48. The first-order valence-corrected chi connectivity index (χ1v) is 5.02. The lowest BCUT2D eigenvalue weighted by Crippen LogP contribution is -1.68. The van der Waals surface area contributed by atoms with E-state index in [9.17, 15) is 0 Å². The molecule has 0 aromatic rings.